The molecule has 86 valence electrons. The van der Waals surface area contributed by atoms with Gasteiger partial charge < -0.3 is 10.2 Å². The molecule has 1 unspecified atom stereocenters. The maximum absolute atomic E-state index is 6.09. The largest absolute Gasteiger partial charge is 0.453 e. The molecule has 2 aromatic rings. The normalized spacial score (nSPS) is 12.9. The lowest BCUT2D eigenvalue weighted by Crippen LogP contribution is -2.12. The fraction of sp³-hybridized carbons (Fsp3) is 0.333. The number of hydrogen-bond donors (Lipinski definition) is 1. The van der Waals surface area contributed by atoms with Crippen molar-refractivity contribution in [2.24, 2.45) is 5.73 Å². The maximum atomic E-state index is 6.09. The summed E-state index contributed by atoms with van der Waals surface area (Å²) in [5.41, 5.74) is 6.97. The molecule has 0 spiro atoms. The van der Waals surface area contributed by atoms with Gasteiger partial charge >= 0.3 is 0 Å². The summed E-state index contributed by atoms with van der Waals surface area (Å²) in [6, 6.07) is 6.04. The SMILES string of the molecule is CCc1ccc(CC(N)c2ccoc2Cl)s1. The molecule has 0 aliphatic rings. The Morgan fingerprint density at radius 1 is 1.38 bits per heavy atom. The highest BCUT2D eigenvalue weighted by Crippen LogP contribution is 2.27. The van der Waals surface area contributed by atoms with Crippen LogP contribution in [0.15, 0.2) is 28.9 Å². The maximum Gasteiger partial charge on any atom is 0.197 e. The van der Waals surface area contributed by atoms with Gasteiger partial charge in [-0.3, -0.25) is 0 Å². The Morgan fingerprint density at radius 2 is 2.12 bits per heavy atom. The Hall–Kier alpha value is -0.770. The molecule has 0 amide bonds. The van der Waals surface area contributed by atoms with Gasteiger partial charge in [0.1, 0.15) is 0 Å². The molecule has 0 aliphatic heterocycles. The first-order valence-corrected chi connectivity index (χ1v) is 6.46. The summed E-state index contributed by atoms with van der Waals surface area (Å²) in [6.07, 6.45) is 3.46. The van der Waals surface area contributed by atoms with Crippen molar-refractivity contribution >= 4 is 22.9 Å². The van der Waals surface area contributed by atoms with Crippen LogP contribution in [-0.2, 0) is 12.8 Å². The van der Waals surface area contributed by atoms with Gasteiger partial charge in [0.05, 0.1) is 6.26 Å². The molecule has 2 nitrogen and oxygen atoms in total. The van der Waals surface area contributed by atoms with E-state index in [-0.39, 0.29) is 6.04 Å². The summed E-state index contributed by atoms with van der Waals surface area (Å²) in [6.45, 7) is 2.16. The van der Waals surface area contributed by atoms with Crippen molar-refractivity contribution in [3.63, 3.8) is 0 Å². The second kappa shape index (κ2) is 5.04. The van der Waals surface area contributed by atoms with Crippen LogP contribution in [0.25, 0.3) is 0 Å². The van der Waals surface area contributed by atoms with E-state index in [1.807, 2.05) is 17.4 Å². The second-order valence-electron chi connectivity index (χ2n) is 3.68. The molecule has 0 radical (unpaired) electrons. The van der Waals surface area contributed by atoms with Gasteiger partial charge in [0, 0.05) is 27.8 Å². The van der Waals surface area contributed by atoms with E-state index in [1.165, 1.54) is 9.75 Å². The van der Waals surface area contributed by atoms with Gasteiger partial charge in [-0.05, 0) is 36.2 Å². The molecule has 2 rings (SSSR count). The third-order valence-electron chi connectivity index (χ3n) is 2.53. The number of rotatable bonds is 4. The first-order chi connectivity index (χ1) is 7.70. The van der Waals surface area contributed by atoms with Crippen LogP contribution >= 0.6 is 22.9 Å². The minimum atomic E-state index is -0.0883. The fourth-order valence-corrected chi connectivity index (χ4v) is 2.89. The molecular formula is C12H14ClNOS. The van der Waals surface area contributed by atoms with E-state index in [1.54, 1.807) is 6.26 Å². The zero-order chi connectivity index (χ0) is 11.5. The summed E-state index contributed by atoms with van der Waals surface area (Å²) in [5.74, 6) is 0. The van der Waals surface area contributed by atoms with Crippen molar-refractivity contribution in [1.82, 2.24) is 0 Å². The van der Waals surface area contributed by atoms with Crippen molar-refractivity contribution in [2.45, 2.75) is 25.8 Å². The molecule has 1 atom stereocenters. The molecule has 2 heterocycles. The summed E-state index contributed by atoms with van der Waals surface area (Å²) >= 11 is 7.70. The predicted molar refractivity (Wildman–Crippen MR) is 68.0 cm³/mol. The van der Waals surface area contributed by atoms with Crippen LogP contribution in [0.5, 0.6) is 0 Å². The lowest BCUT2D eigenvalue weighted by molar-refractivity contribution is 0.561. The van der Waals surface area contributed by atoms with E-state index in [0.29, 0.717) is 5.22 Å². The van der Waals surface area contributed by atoms with Gasteiger partial charge in [-0.15, -0.1) is 11.3 Å². The van der Waals surface area contributed by atoms with E-state index in [0.717, 1.165) is 18.4 Å². The number of thiophene rings is 1. The minimum Gasteiger partial charge on any atom is -0.453 e. The molecule has 2 aromatic heterocycles. The van der Waals surface area contributed by atoms with Gasteiger partial charge in [0.2, 0.25) is 0 Å². The second-order valence-corrected chi connectivity index (χ2v) is 5.28. The number of hydrogen-bond acceptors (Lipinski definition) is 3. The Labute approximate surface area is 104 Å². The van der Waals surface area contributed by atoms with Gasteiger partial charge in [-0.25, -0.2) is 0 Å². The lowest BCUT2D eigenvalue weighted by atomic mass is 10.1. The molecule has 4 heteroatoms. The topological polar surface area (TPSA) is 39.2 Å². The fourth-order valence-electron chi connectivity index (χ4n) is 1.62. The highest BCUT2D eigenvalue weighted by molar-refractivity contribution is 7.11. The molecule has 0 saturated heterocycles. The van der Waals surface area contributed by atoms with Crippen LogP contribution in [0.1, 0.15) is 28.3 Å². The monoisotopic (exact) mass is 255 g/mol. The van der Waals surface area contributed by atoms with E-state index in [9.17, 15) is 0 Å². The average Bonchev–Trinajstić information content (AvgIpc) is 2.86. The van der Waals surface area contributed by atoms with Crippen LogP contribution in [0.2, 0.25) is 5.22 Å². The van der Waals surface area contributed by atoms with E-state index >= 15 is 0 Å². The Bertz CT molecular complexity index is 463. The Kier molecular flexibility index (Phi) is 3.69. The highest BCUT2D eigenvalue weighted by Gasteiger charge is 2.14. The molecular weight excluding hydrogens is 242 g/mol. The summed E-state index contributed by atoms with van der Waals surface area (Å²) in [4.78, 5) is 2.68. The standard InChI is InChI=1S/C12H14ClNOS/c1-2-8-3-4-9(16-8)7-11(14)10-5-6-15-12(10)13/h3-6,11H,2,7,14H2,1H3. The van der Waals surface area contributed by atoms with Gasteiger partial charge in [-0.1, -0.05) is 6.92 Å². The van der Waals surface area contributed by atoms with E-state index in [4.69, 9.17) is 21.8 Å². The molecule has 0 aliphatic carbocycles. The van der Waals surface area contributed by atoms with Crippen LogP contribution in [-0.4, -0.2) is 0 Å². The Morgan fingerprint density at radius 3 is 2.69 bits per heavy atom. The van der Waals surface area contributed by atoms with E-state index < -0.39 is 0 Å². The number of nitrogens with two attached hydrogens (primary N) is 1. The molecule has 0 fully saturated rings. The zero-order valence-electron chi connectivity index (χ0n) is 9.07. The summed E-state index contributed by atoms with van der Waals surface area (Å²) in [5, 5.41) is 0.403. The molecule has 0 saturated carbocycles. The minimum absolute atomic E-state index is 0.0883. The van der Waals surface area contributed by atoms with Gasteiger partial charge in [0.15, 0.2) is 5.22 Å². The van der Waals surface area contributed by atoms with Crippen LogP contribution in [0.4, 0.5) is 0 Å². The smallest absolute Gasteiger partial charge is 0.197 e. The van der Waals surface area contributed by atoms with Crippen molar-refractivity contribution in [1.29, 1.82) is 0 Å². The quantitative estimate of drug-likeness (QED) is 0.903. The van der Waals surface area contributed by atoms with Gasteiger partial charge in [-0.2, -0.15) is 0 Å². The van der Waals surface area contributed by atoms with Crippen LogP contribution in [0.3, 0.4) is 0 Å². The molecule has 2 N–H and O–H groups in total. The van der Waals surface area contributed by atoms with Crippen LogP contribution < -0.4 is 5.73 Å². The number of aryl methyl sites for hydroxylation is 1. The summed E-state index contributed by atoms with van der Waals surface area (Å²) in [7, 11) is 0. The average molecular weight is 256 g/mol. The Balaban J connectivity index is 2.07. The number of furan rings is 1. The highest BCUT2D eigenvalue weighted by atomic mass is 35.5. The van der Waals surface area contributed by atoms with Crippen molar-refractivity contribution in [3.05, 3.63) is 45.0 Å². The predicted octanol–water partition coefficient (Wildman–Crippen LogP) is 3.80. The summed E-state index contributed by atoms with van der Waals surface area (Å²) < 4.78 is 5.04. The van der Waals surface area contributed by atoms with Crippen molar-refractivity contribution < 1.29 is 4.42 Å². The lowest BCUT2D eigenvalue weighted by Gasteiger charge is -2.07. The van der Waals surface area contributed by atoms with Crippen molar-refractivity contribution in [3.8, 4) is 0 Å². The third-order valence-corrected chi connectivity index (χ3v) is 4.09. The molecule has 16 heavy (non-hydrogen) atoms. The van der Waals surface area contributed by atoms with Gasteiger partial charge in [0.25, 0.3) is 0 Å². The van der Waals surface area contributed by atoms with Crippen molar-refractivity contribution in [2.75, 3.05) is 0 Å². The zero-order valence-corrected chi connectivity index (χ0v) is 10.6. The van der Waals surface area contributed by atoms with Crippen LogP contribution in [0, 0.1) is 0 Å². The first kappa shape index (κ1) is 11.7. The first-order valence-electron chi connectivity index (χ1n) is 5.26. The van der Waals surface area contributed by atoms with E-state index in [2.05, 4.69) is 19.1 Å². The number of halogens is 1. The molecule has 0 bridgehead atoms. The molecule has 0 aromatic carbocycles. The third kappa shape index (κ3) is 2.48.